The number of methoxy groups -OCH3 is 1. The van der Waals surface area contributed by atoms with Gasteiger partial charge in [-0.25, -0.2) is 13.1 Å². The summed E-state index contributed by atoms with van der Waals surface area (Å²) < 4.78 is 42.6. The zero-order valence-corrected chi connectivity index (χ0v) is 18.3. The van der Waals surface area contributed by atoms with Crippen molar-refractivity contribution in [3.05, 3.63) is 36.9 Å². The first-order chi connectivity index (χ1) is 14.7. The third-order valence-electron chi connectivity index (χ3n) is 4.78. The smallest absolute Gasteiger partial charge is 0.307 e. The zero-order chi connectivity index (χ0) is 22.9. The molecule has 31 heavy (non-hydrogen) atoms. The lowest BCUT2D eigenvalue weighted by atomic mass is 10.2. The Labute approximate surface area is 182 Å². The summed E-state index contributed by atoms with van der Waals surface area (Å²) in [5, 5.41) is 2.99. The quantitative estimate of drug-likeness (QED) is 0.206. The van der Waals surface area contributed by atoms with Gasteiger partial charge < -0.3 is 25.3 Å². The van der Waals surface area contributed by atoms with E-state index in [-0.39, 0.29) is 29.8 Å². The van der Waals surface area contributed by atoms with Crippen molar-refractivity contribution in [3.8, 4) is 0 Å². The summed E-state index contributed by atoms with van der Waals surface area (Å²) >= 11 is 0. The first-order valence-electron chi connectivity index (χ1n) is 9.78. The second kappa shape index (κ2) is 11.2. The van der Waals surface area contributed by atoms with Gasteiger partial charge in [0.1, 0.15) is 10.4 Å². The molecule has 0 radical (unpaired) electrons. The molecular formula is C20H29N3O7S. The summed E-state index contributed by atoms with van der Waals surface area (Å²) in [6.07, 6.45) is 2.09. The van der Waals surface area contributed by atoms with Crippen LogP contribution in [-0.2, 0) is 33.8 Å². The maximum Gasteiger partial charge on any atom is 0.307 e. The van der Waals surface area contributed by atoms with Crippen LogP contribution in [0.5, 0.6) is 0 Å². The molecule has 1 fully saturated rings. The summed E-state index contributed by atoms with van der Waals surface area (Å²) in [5.41, 5.74) is 5.04. The van der Waals surface area contributed by atoms with Gasteiger partial charge in [0.05, 0.1) is 45.6 Å². The van der Waals surface area contributed by atoms with E-state index in [0.29, 0.717) is 38.5 Å². The van der Waals surface area contributed by atoms with Gasteiger partial charge in [-0.05, 0) is 18.6 Å². The third kappa shape index (κ3) is 7.03. The van der Waals surface area contributed by atoms with Gasteiger partial charge in [-0.15, -0.1) is 6.58 Å². The van der Waals surface area contributed by atoms with Gasteiger partial charge in [-0.3, -0.25) is 9.59 Å². The van der Waals surface area contributed by atoms with Crippen molar-refractivity contribution in [1.82, 2.24) is 4.72 Å². The molecule has 11 heteroatoms. The molecule has 10 nitrogen and oxygen atoms in total. The maximum absolute atomic E-state index is 12.7. The van der Waals surface area contributed by atoms with E-state index in [0.717, 1.165) is 0 Å². The maximum atomic E-state index is 12.7. The Morgan fingerprint density at radius 3 is 2.55 bits per heavy atom. The number of hydrogen-bond acceptors (Lipinski definition) is 9. The van der Waals surface area contributed by atoms with Crippen LogP contribution in [0.4, 0.5) is 5.69 Å². The number of carbonyl (C=O) groups excluding carboxylic acids is 2. The van der Waals surface area contributed by atoms with Crippen molar-refractivity contribution in [2.24, 2.45) is 11.7 Å². The molecule has 4 N–H and O–H groups in total. The molecule has 0 spiro atoms. The van der Waals surface area contributed by atoms with Crippen LogP contribution in [0.3, 0.4) is 0 Å². The minimum absolute atomic E-state index is 0.0612. The second-order valence-electron chi connectivity index (χ2n) is 7.00. The molecule has 1 saturated carbocycles. The van der Waals surface area contributed by atoms with E-state index in [1.54, 1.807) is 24.3 Å². The molecule has 0 heterocycles. The van der Waals surface area contributed by atoms with Gasteiger partial charge in [0.15, 0.2) is 0 Å². The monoisotopic (exact) mass is 455 g/mol. The number of carbonyl (C=O) groups is 2. The molecule has 0 saturated heterocycles. The van der Waals surface area contributed by atoms with Crippen LogP contribution >= 0.6 is 0 Å². The SMILES string of the molecule is C=C[C@@H]1C[C@@]1(N)C(=O)NS(=O)(=O)c1ccccc1NCCOCCOCCC(=O)OC. The third-order valence-corrected chi connectivity index (χ3v) is 6.17. The minimum Gasteiger partial charge on any atom is -0.469 e. The number of para-hydroxylation sites is 1. The van der Waals surface area contributed by atoms with Gasteiger partial charge in [0.2, 0.25) is 0 Å². The lowest BCUT2D eigenvalue weighted by molar-refractivity contribution is -0.142. The largest absolute Gasteiger partial charge is 0.469 e. The van der Waals surface area contributed by atoms with Crippen molar-refractivity contribution in [1.29, 1.82) is 0 Å². The predicted molar refractivity (Wildman–Crippen MR) is 114 cm³/mol. The van der Waals surface area contributed by atoms with Gasteiger partial charge in [0.25, 0.3) is 15.9 Å². The van der Waals surface area contributed by atoms with Gasteiger partial charge in [-0.1, -0.05) is 18.2 Å². The molecule has 0 aliphatic heterocycles. The molecule has 1 amide bonds. The summed E-state index contributed by atoms with van der Waals surface area (Å²) in [7, 11) is -2.79. The van der Waals surface area contributed by atoms with Crippen molar-refractivity contribution in [2.75, 3.05) is 45.4 Å². The zero-order valence-electron chi connectivity index (χ0n) is 17.5. The fraction of sp³-hybridized carbons (Fsp3) is 0.500. The number of nitrogens with one attached hydrogen (secondary N) is 2. The number of anilines is 1. The molecule has 2 rings (SSSR count). The average Bonchev–Trinajstić information content (AvgIpc) is 3.44. The van der Waals surface area contributed by atoms with E-state index in [1.807, 2.05) is 0 Å². The highest BCUT2D eigenvalue weighted by atomic mass is 32.2. The van der Waals surface area contributed by atoms with Gasteiger partial charge in [-0.2, -0.15) is 0 Å². The highest BCUT2D eigenvalue weighted by Gasteiger charge is 2.56. The van der Waals surface area contributed by atoms with Crippen LogP contribution in [0.2, 0.25) is 0 Å². The van der Waals surface area contributed by atoms with Crippen LogP contribution in [0.15, 0.2) is 41.8 Å². The second-order valence-corrected chi connectivity index (χ2v) is 8.65. The number of ether oxygens (including phenoxy) is 3. The van der Waals surface area contributed by atoms with E-state index in [4.69, 9.17) is 15.2 Å². The van der Waals surface area contributed by atoms with E-state index < -0.39 is 21.5 Å². The van der Waals surface area contributed by atoms with Crippen LogP contribution in [0, 0.1) is 5.92 Å². The Balaban J connectivity index is 1.78. The van der Waals surface area contributed by atoms with Crippen molar-refractivity contribution < 1.29 is 32.2 Å². The van der Waals surface area contributed by atoms with Crippen molar-refractivity contribution >= 4 is 27.6 Å². The van der Waals surface area contributed by atoms with E-state index in [1.165, 1.54) is 13.2 Å². The highest BCUT2D eigenvalue weighted by Crippen LogP contribution is 2.42. The number of esters is 1. The molecule has 0 unspecified atom stereocenters. The lowest BCUT2D eigenvalue weighted by Gasteiger charge is -2.15. The van der Waals surface area contributed by atoms with Crippen LogP contribution in [0.25, 0.3) is 0 Å². The number of sulfonamides is 1. The van der Waals surface area contributed by atoms with Crippen molar-refractivity contribution in [3.63, 3.8) is 0 Å². The number of amides is 1. The first-order valence-corrected chi connectivity index (χ1v) is 11.3. The molecular weight excluding hydrogens is 426 g/mol. The molecule has 0 bridgehead atoms. The average molecular weight is 456 g/mol. The Hall–Kier alpha value is -2.47. The first kappa shape index (κ1) is 24.8. The standard InChI is InChI=1S/C20H29N3O7S/c1-3-15-14-20(15,21)19(25)23-31(26,27)17-7-5-4-6-16(17)22-9-11-30-13-12-29-10-8-18(24)28-2/h3-7,15,22H,1,8-14,21H2,2H3,(H,23,25)/t15-,20+/m1/s1. The predicted octanol–water partition coefficient (Wildman–Crippen LogP) is 0.403. The van der Waals surface area contributed by atoms with Crippen LogP contribution in [-0.4, -0.2) is 65.9 Å². The number of nitrogens with two attached hydrogens (primary N) is 1. The summed E-state index contributed by atoms with van der Waals surface area (Å²) in [4.78, 5) is 23.2. The molecule has 1 aromatic rings. The fourth-order valence-electron chi connectivity index (χ4n) is 2.82. The molecule has 1 aliphatic rings. The van der Waals surface area contributed by atoms with Gasteiger partial charge in [0, 0.05) is 12.5 Å². The Morgan fingerprint density at radius 1 is 1.23 bits per heavy atom. The number of hydrogen-bond donors (Lipinski definition) is 3. The Morgan fingerprint density at radius 2 is 1.90 bits per heavy atom. The van der Waals surface area contributed by atoms with Crippen LogP contribution in [0.1, 0.15) is 12.8 Å². The number of benzene rings is 1. The topological polar surface area (TPSA) is 146 Å². The summed E-state index contributed by atoms with van der Waals surface area (Å²) in [6, 6.07) is 6.23. The molecule has 2 atom stereocenters. The molecule has 172 valence electrons. The van der Waals surface area contributed by atoms with Gasteiger partial charge >= 0.3 is 5.97 Å². The summed E-state index contributed by atoms with van der Waals surface area (Å²) in [5.74, 6) is -1.32. The lowest BCUT2D eigenvalue weighted by Crippen LogP contribution is -2.46. The highest BCUT2D eigenvalue weighted by molar-refractivity contribution is 7.90. The molecule has 1 aliphatic carbocycles. The Kier molecular flexibility index (Phi) is 8.99. The molecule has 0 aromatic heterocycles. The van der Waals surface area contributed by atoms with E-state index in [9.17, 15) is 18.0 Å². The van der Waals surface area contributed by atoms with E-state index >= 15 is 0 Å². The number of rotatable bonds is 14. The van der Waals surface area contributed by atoms with Crippen LogP contribution < -0.4 is 15.8 Å². The fourth-order valence-corrected chi connectivity index (χ4v) is 4.05. The summed E-state index contributed by atoms with van der Waals surface area (Å²) in [6.45, 7) is 5.12. The van der Waals surface area contributed by atoms with E-state index in [2.05, 4.69) is 21.4 Å². The normalized spacial score (nSPS) is 20.0. The Bertz CT molecular complexity index is 891. The molecule has 1 aromatic carbocycles. The van der Waals surface area contributed by atoms with Crippen molar-refractivity contribution in [2.45, 2.75) is 23.3 Å². The minimum atomic E-state index is -4.11.